The van der Waals surface area contributed by atoms with Crippen molar-refractivity contribution in [3.63, 3.8) is 0 Å². The van der Waals surface area contributed by atoms with E-state index in [1.54, 1.807) is 6.07 Å². The number of nitrogens with zero attached hydrogens (tertiary/aromatic N) is 1. The third-order valence-corrected chi connectivity index (χ3v) is 3.12. The summed E-state index contributed by atoms with van der Waals surface area (Å²) in [7, 11) is 0. The van der Waals surface area contributed by atoms with E-state index in [1.807, 2.05) is 6.92 Å². The Kier molecular flexibility index (Phi) is 6.93. The van der Waals surface area contributed by atoms with Crippen molar-refractivity contribution in [2.75, 3.05) is 11.9 Å². The molecule has 1 aromatic heterocycles. The highest BCUT2D eigenvalue weighted by Gasteiger charge is 2.10. The first-order chi connectivity index (χ1) is 9.15. The Morgan fingerprint density at radius 2 is 1.95 bits per heavy atom. The molecule has 0 unspecified atom stereocenters. The summed E-state index contributed by atoms with van der Waals surface area (Å²) in [6.45, 7) is 4.89. The molecular formula is C15H24N2O2. The second kappa shape index (κ2) is 8.51. The van der Waals surface area contributed by atoms with E-state index < -0.39 is 5.97 Å². The third kappa shape index (κ3) is 5.73. The Morgan fingerprint density at radius 1 is 1.26 bits per heavy atom. The van der Waals surface area contributed by atoms with Crippen LogP contribution in [0.25, 0.3) is 0 Å². The number of anilines is 1. The van der Waals surface area contributed by atoms with Crippen LogP contribution in [-0.4, -0.2) is 22.6 Å². The molecule has 0 aromatic carbocycles. The van der Waals surface area contributed by atoms with Crippen molar-refractivity contribution in [2.45, 2.75) is 52.4 Å². The molecule has 0 spiro atoms. The van der Waals surface area contributed by atoms with Gasteiger partial charge in [-0.2, -0.15) is 0 Å². The Hall–Kier alpha value is -1.58. The molecule has 0 saturated carbocycles. The van der Waals surface area contributed by atoms with E-state index >= 15 is 0 Å². The van der Waals surface area contributed by atoms with Gasteiger partial charge in [-0.25, -0.2) is 4.79 Å². The molecule has 0 aliphatic rings. The van der Waals surface area contributed by atoms with Crippen LogP contribution in [0.2, 0.25) is 0 Å². The summed E-state index contributed by atoms with van der Waals surface area (Å²) in [6, 6.07) is 1.79. The summed E-state index contributed by atoms with van der Waals surface area (Å²) >= 11 is 0. The second-order valence-corrected chi connectivity index (χ2v) is 4.87. The van der Waals surface area contributed by atoms with E-state index in [1.165, 1.54) is 38.3 Å². The van der Waals surface area contributed by atoms with Gasteiger partial charge in [0.2, 0.25) is 0 Å². The number of aryl methyl sites for hydroxylation is 1. The highest BCUT2D eigenvalue weighted by Crippen LogP contribution is 2.16. The van der Waals surface area contributed by atoms with Crippen molar-refractivity contribution in [3.8, 4) is 0 Å². The number of rotatable bonds is 9. The van der Waals surface area contributed by atoms with Gasteiger partial charge in [-0.3, -0.25) is 4.98 Å². The number of hydrogen-bond donors (Lipinski definition) is 2. The van der Waals surface area contributed by atoms with Crippen molar-refractivity contribution in [1.29, 1.82) is 0 Å². The van der Waals surface area contributed by atoms with Crippen molar-refractivity contribution in [2.24, 2.45) is 0 Å². The highest BCUT2D eigenvalue weighted by molar-refractivity contribution is 5.93. The van der Waals surface area contributed by atoms with Crippen LogP contribution in [-0.2, 0) is 0 Å². The lowest BCUT2D eigenvalue weighted by Crippen LogP contribution is -2.08. The molecule has 0 aliphatic heterocycles. The Morgan fingerprint density at radius 3 is 2.63 bits per heavy atom. The minimum absolute atomic E-state index is 0.247. The molecule has 0 radical (unpaired) electrons. The molecule has 0 saturated heterocycles. The lowest BCUT2D eigenvalue weighted by Gasteiger charge is -2.10. The maximum absolute atomic E-state index is 11.1. The molecule has 0 aliphatic carbocycles. The van der Waals surface area contributed by atoms with E-state index in [2.05, 4.69) is 17.2 Å². The van der Waals surface area contributed by atoms with Gasteiger partial charge in [0, 0.05) is 18.4 Å². The van der Waals surface area contributed by atoms with Gasteiger partial charge >= 0.3 is 5.97 Å². The Labute approximate surface area is 115 Å². The number of aromatic nitrogens is 1. The van der Waals surface area contributed by atoms with Gasteiger partial charge in [0.15, 0.2) is 0 Å². The number of carbonyl (C=O) groups is 1. The molecule has 0 amide bonds. The van der Waals surface area contributed by atoms with Gasteiger partial charge in [-0.1, -0.05) is 39.0 Å². The lowest BCUT2D eigenvalue weighted by molar-refractivity contribution is 0.0697. The topological polar surface area (TPSA) is 62.2 Å². The number of aromatic carboxylic acids is 1. The zero-order valence-electron chi connectivity index (χ0n) is 11.9. The highest BCUT2D eigenvalue weighted by atomic mass is 16.4. The minimum atomic E-state index is -0.932. The first-order valence-electron chi connectivity index (χ1n) is 7.09. The monoisotopic (exact) mass is 264 g/mol. The quantitative estimate of drug-likeness (QED) is 0.665. The molecule has 1 heterocycles. The summed E-state index contributed by atoms with van der Waals surface area (Å²) in [6.07, 6.45) is 8.81. The molecule has 2 N–H and O–H groups in total. The summed E-state index contributed by atoms with van der Waals surface area (Å²) < 4.78 is 0. The Bertz CT molecular complexity index is 405. The molecule has 0 fully saturated rings. The number of hydrogen-bond acceptors (Lipinski definition) is 3. The van der Waals surface area contributed by atoms with Gasteiger partial charge in [0.25, 0.3) is 0 Å². The second-order valence-electron chi connectivity index (χ2n) is 4.87. The standard InChI is InChI=1S/C15H24N2O2/c1-3-4-5-6-7-8-9-16-14-10-12(2)17-11-13(14)15(18)19/h10-11H,3-9H2,1-2H3,(H,16,17)(H,18,19). The first-order valence-corrected chi connectivity index (χ1v) is 7.09. The number of unbranched alkanes of at least 4 members (excludes halogenated alkanes) is 5. The van der Waals surface area contributed by atoms with Crippen LogP contribution >= 0.6 is 0 Å². The fourth-order valence-corrected chi connectivity index (χ4v) is 2.00. The zero-order valence-corrected chi connectivity index (χ0v) is 11.9. The Balaban J connectivity index is 2.36. The summed E-state index contributed by atoms with van der Waals surface area (Å²) in [5.41, 5.74) is 1.75. The van der Waals surface area contributed by atoms with Gasteiger partial charge in [0.05, 0.1) is 5.69 Å². The molecule has 106 valence electrons. The van der Waals surface area contributed by atoms with Crippen LogP contribution in [0.15, 0.2) is 12.3 Å². The van der Waals surface area contributed by atoms with Crippen LogP contribution in [0, 0.1) is 6.92 Å². The van der Waals surface area contributed by atoms with E-state index in [-0.39, 0.29) is 5.56 Å². The smallest absolute Gasteiger partial charge is 0.339 e. The van der Waals surface area contributed by atoms with Gasteiger partial charge in [0.1, 0.15) is 5.56 Å². The molecule has 19 heavy (non-hydrogen) atoms. The average Bonchev–Trinajstić information content (AvgIpc) is 2.37. The number of carboxylic acids is 1. The number of nitrogens with one attached hydrogen (secondary N) is 1. The molecule has 0 bridgehead atoms. The lowest BCUT2D eigenvalue weighted by atomic mass is 10.1. The summed E-state index contributed by atoms with van der Waals surface area (Å²) in [5.74, 6) is -0.932. The van der Waals surface area contributed by atoms with Crippen molar-refractivity contribution >= 4 is 11.7 Å². The van der Waals surface area contributed by atoms with Gasteiger partial charge in [-0.15, -0.1) is 0 Å². The molecule has 0 atom stereocenters. The van der Waals surface area contributed by atoms with Crippen LogP contribution < -0.4 is 5.32 Å². The third-order valence-electron chi connectivity index (χ3n) is 3.12. The SMILES string of the molecule is CCCCCCCCNc1cc(C)ncc1C(=O)O. The van der Waals surface area contributed by atoms with Crippen LogP contribution in [0.5, 0.6) is 0 Å². The number of carboxylic acid groups (broad SMARTS) is 1. The van der Waals surface area contributed by atoms with Crippen LogP contribution in [0.3, 0.4) is 0 Å². The predicted molar refractivity (Wildman–Crippen MR) is 77.8 cm³/mol. The molecule has 1 aromatic rings. The van der Waals surface area contributed by atoms with E-state index in [4.69, 9.17) is 5.11 Å². The average molecular weight is 264 g/mol. The fourth-order valence-electron chi connectivity index (χ4n) is 2.00. The molecule has 4 heteroatoms. The van der Waals surface area contributed by atoms with Crippen molar-refractivity contribution < 1.29 is 9.90 Å². The zero-order chi connectivity index (χ0) is 14.1. The molecule has 1 rings (SSSR count). The van der Waals surface area contributed by atoms with Gasteiger partial charge < -0.3 is 10.4 Å². The minimum Gasteiger partial charge on any atom is -0.478 e. The van der Waals surface area contributed by atoms with Crippen molar-refractivity contribution in [1.82, 2.24) is 4.98 Å². The van der Waals surface area contributed by atoms with E-state index in [0.717, 1.165) is 18.7 Å². The molecule has 4 nitrogen and oxygen atoms in total. The molecular weight excluding hydrogens is 240 g/mol. The van der Waals surface area contributed by atoms with Crippen molar-refractivity contribution in [3.05, 3.63) is 23.5 Å². The largest absolute Gasteiger partial charge is 0.478 e. The first kappa shape index (κ1) is 15.5. The fraction of sp³-hybridized carbons (Fsp3) is 0.600. The number of pyridine rings is 1. The van der Waals surface area contributed by atoms with Crippen LogP contribution in [0.1, 0.15) is 61.5 Å². The summed E-state index contributed by atoms with van der Waals surface area (Å²) in [4.78, 5) is 15.1. The van der Waals surface area contributed by atoms with Crippen LogP contribution in [0.4, 0.5) is 5.69 Å². The van der Waals surface area contributed by atoms with E-state index in [9.17, 15) is 4.79 Å². The maximum Gasteiger partial charge on any atom is 0.339 e. The van der Waals surface area contributed by atoms with Gasteiger partial charge in [-0.05, 0) is 19.4 Å². The predicted octanol–water partition coefficient (Wildman–Crippen LogP) is 3.86. The maximum atomic E-state index is 11.1. The van der Waals surface area contributed by atoms with E-state index in [0.29, 0.717) is 5.69 Å². The normalized spacial score (nSPS) is 10.4. The summed E-state index contributed by atoms with van der Waals surface area (Å²) in [5, 5.41) is 12.3.